The van der Waals surface area contributed by atoms with Crippen molar-refractivity contribution < 1.29 is 0 Å². The van der Waals surface area contributed by atoms with Crippen LogP contribution in [0.2, 0.25) is 19.6 Å². The second kappa shape index (κ2) is 4.91. The van der Waals surface area contributed by atoms with Gasteiger partial charge in [0.25, 0.3) is 0 Å². The van der Waals surface area contributed by atoms with Crippen molar-refractivity contribution in [3.8, 4) is 0 Å². The van der Waals surface area contributed by atoms with Gasteiger partial charge in [-0.2, -0.15) is 0 Å². The fourth-order valence-corrected chi connectivity index (χ4v) is 12.9. The number of allylic oxidation sites excluding steroid dienone is 2. The Bertz CT molecular complexity index is 1070. The van der Waals surface area contributed by atoms with Crippen molar-refractivity contribution in [3.63, 3.8) is 0 Å². The molecule has 0 amide bonds. The molecule has 0 atom stereocenters. The molecule has 0 radical (unpaired) electrons. The number of thiophene rings is 1. The van der Waals surface area contributed by atoms with Crippen LogP contribution in [0.4, 0.5) is 0 Å². The van der Waals surface area contributed by atoms with E-state index in [1.807, 2.05) is 11.3 Å². The summed E-state index contributed by atoms with van der Waals surface area (Å²) in [7, 11) is -1.48. The fraction of sp³-hybridized carbons (Fsp3) is 0.217. The summed E-state index contributed by atoms with van der Waals surface area (Å²) in [5.41, 5.74) is 8.10. The van der Waals surface area contributed by atoms with Crippen LogP contribution in [-0.2, 0) is 4.31 Å². The van der Waals surface area contributed by atoms with Crippen LogP contribution < -0.4 is 4.46 Å². The summed E-state index contributed by atoms with van der Waals surface area (Å²) in [4.78, 5) is 1.61. The van der Waals surface area contributed by atoms with Crippen LogP contribution in [0, 0.1) is 0 Å². The Labute approximate surface area is 166 Å². The van der Waals surface area contributed by atoms with Crippen molar-refractivity contribution in [1.29, 1.82) is 0 Å². The van der Waals surface area contributed by atoms with Crippen LogP contribution in [0.1, 0.15) is 33.0 Å². The maximum absolute atomic E-state index is 2.55. The molecule has 7 rings (SSSR count). The number of rotatable bonds is 1. The zero-order chi connectivity index (χ0) is 17.7. The predicted molar refractivity (Wildman–Crippen MR) is 115 cm³/mol. The molecule has 4 aliphatic rings. The van der Waals surface area contributed by atoms with Gasteiger partial charge >= 0.3 is 167 Å². The van der Waals surface area contributed by atoms with Gasteiger partial charge in [0.2, 0.25) is 0 Å². The fourth-order valence-electron chi connectivity index (χ4n) is 5.34. The van der Waals surface area contributed by atoms with E-state index >= 15 is 0 Å². The summed E-state index contributed by atoms with van der Waals surface area (Å²) < 4.78 is 1.74. The molecular weight excluding hydrogens is 415 g/mol. The van der Waals surface area contributed by atoms with Crippen LogP contribution in [0.5, 0.6) is 0 Å². The van der Waals surface area contributed by atoms with Crippen molar-refractivity contribution >= 4 is 44.4 Å². The van der Waals surface area contributed by atoms with Crippen molar-refractivity contribution in [2.45, 2.75) is 29.9 Å². The van der Waals surface area contributed by atoms with Gasteiger partial charge < -0.3 is 0 Å². The van der Waals surface area contributed by atoms with Crippen LogP contribution in [0.3, 0.4) is 0 Å². The van der Waals surface area contributed by atoms with Crippen LogP contribution in [0.25, 0.3) is 5.57 Å². The molecule has 2 heterocycles. The van der Waals surface area contributed by atoms with Gasteiger partial charge in [0, 0.05) is 0 Å². The van der Waals surface area contributed by atoms with Gasteiger partial charge in [-0.25, -0.2) is 0 Å². The molecule has 3 aliphatic carbocycles. The molecular formula is C23H20SSeSi. The number of fused-ring (bicyclic) bond motifs is 1. The Balaban J connectivity index is 1.84. The van der Waals surface area contributed by atoms with E-state index in [2.05, 4.69) is 79.6 Å². The van der Waals surface area contributed by atoms with Crippen molar-refractivity contribution in [2.24, 2.45) is 0 Å². The van der Waals surface area contributed by atoms with Gasteiger partial charge in [0.15, 0.2) is 0 Å². The van der Waals surface area contributed by atoms with E-state index in [9.17, 15) is 0 Å². The van der Waals surface area contributed by atoms with Gasteiger partial charge in [0.1, 0.15) is 0 Å². The van der Waals surface area contributed by atoms with Crippen LogP contribution in [-0.4, -0.2) is 23.0 Å². The summed E-state index contributed by atoms with van der Waals surface area (Å²) in [5.74, 6) is 0.467. The first-order valence-corrected chi connectivity index (χ1v) is 15.3. The Morgan fingerprint density at radius 1 is 0.885 bits per heavy atom. The first-order chi connectivity index (χ1) is 12.5. The Morgan fingerprint density at radius 3 is 2.12 bits per heavy atom. The minimum absolute atomic E-state index is 0.118. The molecule has 0 fully saturated rings. The average Bonchev–Trinajstić information content (AvgIpc) is 3.20. The van der Waals surface area contributed by atoms with Gasteiger partial charge in [-0.05, 0) is 0 Å². The zero-order valence-corrected chi connectivity index (χ0v) is 18.7. The molecule has 0 unspecified atom stereocenters. The summed E-state index contributed by atoms with van der Waals surface area (Å²) in [6.45, 7) is 7.65. The van der Waals surface area contributed by atoms with Crippen LogP contribution in [0.15, 0.2) is 65.2 Å². The minimum atomic E-state index is -1.48. The first kappa shape index (κ1) is 15.7. The molecule has 2 bridgehead atoms. The van der Waals surface area contributed by atoms with E-state index in [0.29, 0.717) is 20.9 Å². The number of hydrogen-bond acceptors (Lipinski definition) is 1. The second-order valence-corrected chi connectivity index (χ2v) is 17.1. The van der Waals surface area contributed by atoms with Gasteiger partial charge in [-0.1, -0.05) is 0 Å². The van der Waals surface area contributed by atoms with Crippen molar-refractivity contribution in [3.05, 3.63) is 92.3 Å². The standard InChI is InChI=1S/C23H20SSeSi/c1-26(2,3)22-19-14-8-4-6-10-16(14)23(17-11-7-5-9-15(17)19)20(22)21-18(25-23)12-13-24-21/h4-13,19H,1-3H3. The van der Waals surface area contributed by atoms with E-state index in [1.165, 1.54) is 0 Å². The number of hydrogen-bond donors (Lipinski definition) is 0. The Hall–Kier alpha value is -1.38. The Morgan fingerprint density at radius 2 is 1.50 bits per heavy atom. The van der Waals surface area contributed by atoms with Crippen molar-refractivity contribution in [2.75, 3.05) is 0 Å². The normalized spacial score (nSPS) is 25.0. The van der Waals surface area contributed by atoms with Gasteiger partial charge in [0.05, 0.1) is 0 Å². The van der Waals surface area contributed by atoms with Crippen molar-refractivity contribution in [1.82, 2.24) is 0 Å². The third-order valence-electron chi connectivity index (χ3n) is 6.14. The summed E-state index contributed by atoms with van der Waals surface area (Å²) >= 11 is 2.40. The maximum atomic E-state index is 2.55. The first-order valence-electron chi connectivity index (χ1n) is 9.24. The monoisotopic (exact) mass is 436 g/mol. The molecule has 3 aromatic rings. The van der Waals surface area contributed by atoms with E-state index in [-0.39, 0.29) is 4.31 Å². The molecule has 1 aliphatic heterocycles. The molecule has 1 aromatic heterocycles. The summed E-state index contributed by atoms with van der Waals surface area (Å²) in [5, 5.41) is 4.12. The van der Waals surface area contributed by atoms with E-state index in [0.717, 1.165) is 0 Å². The van der Waals surface area contributed by atoms with Crippen LogP contribution >= 0.6 is 11.3 Å². The third-order valence-corrected chi connectivity index (χ3v) is 12.7. The van der Waals surface area contributed by atoms with E-state index in [4.69, 9.17) is 0 Å². The van der Waals surface area contributed by atoms with Gasteiger partial charge in [-0.15, -0.1) is 0 Å². The summed E-state index contributed by atoms with van der Waals surface area (Å²) in [6, 6.07) is 21.1. The third kappa shape index (κ3) is 1.67. The Kier molecular flexibility index (Phi) is 2.95. The topological polar surface area (TPSA) is 0 Å². The van der Waals surface area contributed by atoms with E-state index in [1.54, 1.807) is 42.4 Å². The summed E-state index contributed by atoms with van der Waals surface area (Å²) in [6.07, 6.45) is 0. The molecule has 128 valence electrons. The molecule has 1 spiro atoms. The van der Waals surface area contributed by atoms with E-state index < -0.39 is 8.07 Å². The zero-order valence-electron chi connectivity index (χ0n) is 15.2. The molecule has 2 aromatic carbocycles. The average molecular weight is 436 g/mol. The van der Waals surface area contributed by atoms with Gasteiger partial charge in [-0.3, -0.25) is 0 Å². The molecule has 26 heavy (non-hydrogen) atoms. The molecule has 0 N–H and O–H groups in total. The molecule has 0 saturated heterocycles. The predicted octanol–water partition coefficient (Wildman–Crippen LogP) is 5.12. The SMILES string of the molecule is C[Si](C)(C)C1=C2c3sccc3[Se]C23c2ccccc2C1c1ccccc13. The quantitative estimate of drug-likeness (QED) is 0.465. The molecule has 3 heteroatoms. The molecule has 0 saturated carbocycles. The second-order valence-electron chi connectivity index (χ2n) is 8.54. The molecule has 0 nitrogen and oxygen atoms in total. The number of benzene rings is 2.